The van der Waals surface area contributed by atoms with Crippen molar-refractivity contribution in [3.05, 3.63) is 24.3 Å². The van der Waals surface area contributed by atoms with Crippen LogP contribution in [0.4, 0.5) is 10.5 Å². The number of ether oxygens (including phenoxy) is 1. The molecule has 1 atom stereocenters. The number of phenols is 1. The second kappa shape index (κ2) is 3.84. The van der Waals surface area contributed by atoms with Crippen LogP contribution in [0.3, 0.4) is 0 Å². The fraction of sp³-hybridized carbons (Fsp3) is 0.417. The summed E-state index contributed by atoms with van der Waals surface area (Å²) in [5.41, 5.74) is 0.190. The predicted molar refractivity (Wildman–Crippen MR) is 66.6 cm³/mol. The Balaban J connectivity index is 1.90. The maximum absolute atomic E-state index is 11.9. The molecule has 1 N–H and O–H groups in total. The lowest BCUT2D eigenvalue weighted by atomic mass is 10.0. The Kier molecular flexibility index (Phi) is 2.43. The summed E-state index contributed by atoms with van der Waals surface area (Å²) in [6.07, 6.45) is 0.544. The van der Waals surface area contributed by atoms with Gasteiger partial charge in [-0.2, -0.15) is 11.8 Å². The minimum Gasteiger partial charge on any atom is -0.506 e. The molecule has 1 spiro atoms. The minimum absolute atomic E-state index is 0.118. The Morgan fingerprint density at radius 3 is 2.94 bits per heavy atom. The van der Waals surface area contributed by atoms with Crippen LogP contribution in [0.2, 0.25) is 0 Å². The van der Waals surface area contributed by atoms with Crippen molar-refractivity contribution in [1.82, 2.24) is 0 Å². The molecule has 17 heavy (non-hydrogen) atoms. The summed E-state index contributed by atoms with van der Waals surface area (Å²) in [6.45, 7) is 0.538. The van der Waals surface area contributed by atoms with Gasteiger partial charge < -0.3 is 9.84 Å². The van der Waals surface area contributed by atoms with Gasteiger partial charge in [-0.25, -0.2) is 4.79 Å². The van der Waals surface area contributed by atoms with E-state index in [0.29, 0.717) is 12.2 Å². The Labute approximate surface area is 104 Å². The van der Waals surface area contributed by atoms with Crippen molar-refractivity contribution in [3.8, 4) is 5.75 Å². The van der Waals surface area contributed by atoms with E-state index in [1.54, 1.807) is 24.3 Å². The molecule has 2 aliphatic rings. The molecule has 2 saturated heterocycles. The predicted octanol–water partition coefficient (Wildman–Crippen LogP) is 2.22. The zero-order valence-electron chi connectivity index (χ0n) is 9.26. The molecule has 0 saturated carbocycles. The van der Waals surface area contributed by atoms with Gasteiger partial charge >= 0.3 is 6.09 Å². The third-order valence-corrected chi connectivity index (χ3v) is 4.43. The second-order valence-corrected chi connectivity index (χ2v) is 5.53. The Morgan fingerprint density at radius 1 is 1.41 bits per heavy atom. The molecule has 2 aliphatic heterocycles. The van der Waals surface area contributed by atoms with E-state index in [1.165, 1.54) is 4.90 Å². The summed E-state index contributed by atoms with van der Waals surface area (Å²) in [5, 5.41) is 9.77. The third-order valence-electron chi connectivity index (χ3n) is 3.21. The van der Waals surface area contributed by atoms with E-state index in [0.717, 1.165) is 17.9 Å². The maximum Gasteiger partial charge on any atom is 0.415 e. The first-order chi connectivity index (χ1) is 8.20. The number of thioether (sulfide) groups is 1. The molecule has 90 valence electrons. The lowest BCUT2D eigenvalue weighted by molar-refractivity contribution is 0.0782. The van der Waals surface area contributed by atoms with Crippen molar-refractivity contribution in [2.24, 2.45) is 0 Å². The minimum atomic E-state index is -0.353. The number of hydrogen-bond acceptors (Lipinski definition) is 4. The Morgan fingerprint density at radius 2 is 2.24 bits per heavy atom. The van der Waals surface area contributed by atoms with Crippen LogP contribution in [0, 0.1) is 0 Å². The molecule has 0 aromatic heterocycles. The number of amides is 1. The van der Waals surface area contributed by atoms with Crippen LogP contribution in [0.15, 0.2) is 24.3 Å². The largest absolute Gasteiger partial charge is 0.506 e. The monoisotopic (exact) mass is 251 g/mol. The van der Waals surface area contributed by atoms with Crippen molar-refractivity contribution in [3.63, 3.8) is 0 Å². The zero-order valence-corrected chi connectivity index (χ0v) is 10.1. The highest BCUT2D eigenvalue weighted by Gasteiger charge is 2.48. The number of carbonyl (C=O) groups excluding carboxylic acids is 1. The lowest BCUT2D eigenvalue weighted by Gasteiger charge is -2.19. The summed E-state index contributed by atoms with van der Waals surface area (Å²) in [5.74, 6) is 2.00. The summed E-state index contributed by atoms with van der Waals surface area (Å²) in [7, 11) is 0. The average Bonchev–Trinajstić information content (AvgIpc) is 2.88. The van der Waals surface area contributed by atoms with Crippen molar-refractivity contribution in [2.45, 2.75) is 12.0 Å². The van der Waals surface area contributed by atoms with Crippen molar-refractivity contribution < 1.29 is 14.6 Å². The molecule has 2 fully saturated rings. The van der Waals surface area contributed by atoms with Crippen molar-refractivity contribution in [2.75, 3.05) is 23.0 Å². The number of nitrogens with zero attached hydrogens (tertiary/aromatic N) is 1. The molecule has 1 aromatic rings. The quantitative estimate of drug-likeness (QED) is 0.831. The van der Waals surface area contributed by atoms with Crippen LogP contribution in [0.5, 0.6) is 5.75 Å². The van der Waals surface area contributed by atoms with Crippen LogP contribution in [0.25, 0.3) is 0 Å². The van der Waals surface area contributed by atoms with Crippen LogP contribution in [-0.2, 0) is 4.74 Å². The van der Waals surface area contributed by atoms with Gasteiger partial charge in [0.25, 0.3) is 0 Å². The fourth-order valence-electron chi connectivity index (χ4n) is 2.29. The highest BCUT2D eigenvalue weighted by atomic mass is 32.2. The van der Waals surface area contributed by atoms with Crippen molar-refractivity contribution >= 4 is 23.5 Å². The van der Waals surface area contributed by atoms with Gasteiger partial charge in [0.05, 0.1) is 12.2 Å². The first-order valence-electron chi connectivity index (χ1n) is 5.56. The van der Waals surface area contributed by atoms with Crippen molar-refractivity contribution in [1.29, 1.82) is 0 Å². The van der Waals surface area contributed by atoms with E-state index in [2.05, 4.69) is 0 Å². The van der Waals surface area contributed by atoms with Gasteiger partial charge in [0.15, 0.2) is 0 Å². The van der Waals surface area contributed by atoms with E-state index < -0.39 is 0 Å². The molecule has 1 unspecified atom stereocenters. The van der Waals surface area contributed by atoms with E-state index in [4.69, 9.17) is 4.74 Å². The molecular weight excluding hydrogens is 238 g/mol. The molecule has 0 radical (unpaired) electrons. The SMILES string of the molecule is O=C1OC2(CCSC2)CN1c1ccccc1O. The van der Waals surface area contributed by atoms with Gasteiger partial charge in [-0.1, -0.05) is 12.1 Å². The number of para-hydroxylation sites is 2. The smallest absolute Gasteiger partial charge is 0.415 e. The molecule has 5 heteroatoms. The van der Waals surface area contributed by atoms with Crippen LogP contribution in [0.1, 0.15) is 6.42 Å². The molecule has 3 rings (SSSR count). The highest BCUT2D eigenvalue weighted by molar-refractivity contribution is 7.99. The third kappa shape index (κ3) is 1.74. The van der Waals surface area contributed by atoms with Crippen LogP contribution in [-0.4, -0.2) is 34.9 Å². The second-order valence-electron chi connectivity index (χ2n) is 4.43. The molecule has 4 nitrogen and oxygen atoms in total. The standard InChI is InChI=1S/C12H13NO3S/c14-10-4-2-1-3-9(10)13-7-12(16-11(13)15)5-6-17-8-12/h1-4,14H,5-8H2. The van der Waals surface area contributed by atoms with E-state index >= 15 is 0 Å². The molecule has 1 aromatic carbocycles. The average molecular weight is 251 g/mol. The topological polar surface area (TPSA) is 49.8 Å². The Hall–Kier alpha value is -1.36. The molecular formula is C12H13NO3S. The number of carbonyl (C=O) groups is 1. The number of hydrogen-bond donors (Lipinski definition) is 1. The van der Waals surface area contributed by atoms with Gasteiger partial charge in [0.1, 0.15) is 11.4 Å². The number of aromatic hydroxyl groups is 1. The molecule has 1 amide bonds. The lowest BCUT2D eigenvalue weighted by Crippen LogP contribution is -2.34. The Bertz CT molecular complexity index is 457. The van der Waals surface area contributed by atoms with Gasteiger partial charge in [0.2, 0.25) is 0 Å². The molecule has 0 aliphatic carbocycles. The van der Waals surface area contributed by atoms with Crippen LogP contribution < -0.4 is 4.90 Å². The van der Waals surface area contributed by atoms with E-state index in [1.807, 2.05) is 11.8 Å². The normalized spacial score (nSPS) is 27.8. The molecule has 0 bridgehead atoms. The first-order valence-corrected chi connectivity index (χ1v) is 6.72. The van der Waals surface area contributed by atoms with Crippen LogP contribution >= 0.6 is 11.8 Å². The van der Waals surface area contributed by atoms with E-state index in [-0.39, 0.29) is 17.4 Å². The highest BCUT2D eigenvalue weighted by Crippen LogP contribution is 2.40. The number of phenolic OH excluding ortho intramolecular Hbond substituents is 1. The van der Waals surface area contributed by atoms with Gasteiger partial charge in [-0.05, 0) is 24.3 Å². The van der Waals surface area contributed by atoms with Gasteiger partial charge in [-0.3, -0.25) is 4.90 Å². The van der Waals surface area contributed by atoms with E-state index in [9.17, 15) is 9.90 Å². The number of rotatable bonds is 1. The number of benzene rings is 1. The number of anilines is 1. The molecule has 2 heterocycles. The zero-order chi connectivity index (χ0) is 11.9. The fourth-order valence-corrected chi connectivity index (χ4v) is 3.62. The summed E-state index contributed by atoms with van der Waals surface area (Å²) in [4.78, 5) is 13.4. The summed E-state index contributed by atoms with van der Waals surface area (Å²) in [6, 6.07) is 6.85. The van der Waals surface area contributed by atoms with Gasteiger partial charge in [-0.15, -0.1) is 0 Å². The first kappa shape index (κ1) is 10.8. The van der Waals surface area contributed by atoms with Gasteiger partial charge in [0, 0.05) is 5.75 Å². The maximum atomic E-state index is 11.9. The summed E-state index contributed by atoms with van der Waals surface area (Å²) >= 11 is 1.81. The summed E-state index contributed by atoms with van der Waals surface area (Å²) < 4.78 is 5.49.